The molecule has 0 aliphatic rings. The van der Waals surface area contributed by atoms with Crippen LogP contribution in [-0.2, 0) is 4.74 Å². The van der Waals surface area contributed by atoms with Crippen LogP contribution in [0.5, 0.6) is 11.5 Å². The van der Waals surface area contributed by atoms with Crippen LogP contribution in [0.15, 0.2) is 97.1 Å². The van der Waals surface area contributed by atoms with Gasteiger partial charge in [-0.2, -0.15) is 0 Å². The second-order valence-corrected chi connectivity index (χ2v) is 9.47. The summed E-state index contributed by atoms with van der Waals surface area (Å²) >= 11 is 0. The van der Waals surface area contributed by atoms with Crippen LogP contribution in [0.3, 0.4) is 0 Å². The van der Waals surface area contributed by atoms with Gasteiger partial charge in [0.2, 0.25) is 0 Å². The molecular formula is C31H29NO4. The van der Waals surface area contributed by atoms with Crippen molar-refractivity contribution in [2.24, 2.45) is 0 Å². The average molecular weight is 480 g/mol. The molecule has 0 saturated heterocycles. The molecular weight excluding hydrogens is 450 g/mol. The van der Waals surface area contributed by atoms with E-state index in [1.165, 1.54) is 0 Å². The number of carbonyl (C=O) groups excluding carboxylic acids is 2. The van der Waals surface area contributed by atoms with E-state index < -0.39 is 11.6 Å². The third kappa shape index (κ3) is 6.19. The topological polar surface area (TPSA) is 64.6 Å². The Balaban J connectivity index is 1.67. The van der Waals surface area contributed by atoms with Gasteiger partial charge in [0.1, 0.15) is 17.1 Å². The van der Waals surface area contributed by atoms with E-state index >= 15 is 0 Å². The van der Waals surface area contributed by atoms with Crippen molar-refractivity contribution in [1.29, 1.82) is 0 Å². The van der Waals surface area contributed by atoms with Gasteiger partial charge in [-0.15, -0.1) is 0 Å². The fourth-order valence-corrected chi connectivity index (χ4v) is 3.69. The standard InChI is InChI=1S/C31H29NO4/c1-21-15-17-25(35-24-13-9-6-10-14-24)20-27(21)29(33)32-28-19-23(22-11-7-5-8-12-22)16-18-26(28)30(34)36-31(2,3)4/h5-20H,1-4H3,(H,32,33). The van der Waals surface area contributed by atoms with E-state index in [1.54, 1.807) is 18.2 Å². The molecule has 5 nitrogen and oxygen atoms in total. The maximum Gasteiger partial charge on any atom is 0.340 e. The van der Waals surface area contributed by atoms with E-state index in [4.69, 9.17) is 9.47 Å². The largest absolute Gasteiger partial charge is 0.457 e. The highest BCUT2D eigenvalue weighted by molar-refractivity contribution is 6.09. The SMILES string of the molecule is Cc1ccc(Oc2ccccc2)cc1C(=O)Nc1cc(-c2ccccc2)ccc1C(=O)OC(C)(C)C. The zero-order valence-corrected chi connectivity index (χ0v) is 20.9. The van der Waals surface area contributed by atoms with Gasteiger partial charge in [0.25, 0.3) is 5.91 Å². The second kappa shape index (κ2) is 10.5. The van der Waals surface area contributed by atoms with Crippen LogP contribution in [0.4, 0.5) is 5.69 Å². The first-order chi connectivity index (χ1) is 17.2. The van der Waals surface area contributed by atoms with E-state index in [9.17, 15) is 9.59 Å². The minimum atomic E-state index is -0.670. The molecule has 0 fully saturated rings. The lowest BCUT2D eigenvalue weighted by Gasteiger charge is -2.21. The summed E-state index contributed by atoms with van der Waals surface area (Å²) in [7, 11) is 0. The zero-order chi connectivity index (χ0) is 25.7. The molecule has 0 aliphatic carbocycles. The highest BCUT2D eigenvalue weighted by Crippen LogP contribution is 2.29. The Morgan fingerprint density at radius 1 is 0.694 bits per heavy atom. The number of anilines is 1. The van der Waals surface area contributed by atoms with Gasteiger partial charge in [-0.1, -0.05) is 60.7 Å². The van der Waals surface area contributed by atoms with Gasteiger partial charge in [-0.25, -0.2) is 4.79 Å². The van der Waals surface area contributed by atoms with E-state index in [-0.39, 0.29) is 11.5 Å². The number of amides is 1. The van der Waals surface area contributed by atoms with Crippen molar-refractivity contribution in [2.75, 3.05) is 5.32 Å². The van der Waals surface area contributed by atoms with Crippen molar-refractivity contribution in [1.82, 2.24) is 0 Å². The maximum absolute atomic E-state index is 13.4. The monoisotopic (exact) mass is 479 g/mol. The number of hydrogen-bond acceptors (Lipinski definition) is 4. The lowest BCUT2D eigenvalue weighted by molar-refractivity contribution is 0.00708. The molecule has 0 aromatic heterocycles. The first-order valence-electron chi connectivity index (χ1n) is 11.8. The van der Waals surface area contributed by atoms with Crippen molar-refractivity contribution >= 4 is 17.6 Å². The normalized spacial score (nSPS) is 11.0. The summed E-state index contributed by atoms with van der Waals surface area (Å²) in [6.45, 7) is 7.28. The smallest absolute Gasteiger partial charge is 0.340 e. The third-order valence-corrected chi connectivity index (χ3v) is 5.43. The van der Waals surface area contributed by atoms with Crippen LogP contribution in [0.25, 0.3) is 11.1 Å². The fraction of sp³-hybridized carbons (Fsp3) is 0.161. The molecule has 36 heavy (non-hydrogen) atoms. The second-order valence-electron chi connectivity index (χ2n) is 9.47. The van der Waals surface area contributed by atoms with Crippen molar-refractivity contribution in [3.05, 3.63) is 114 Å². The van der Waals surface area contributed by atoms with Crippen LogP contribution in [0.1, 0.15) is 47.1 Å². The molecule has 1 N–H and O–H groups in total. The van der Waals surface area contributed by atoms with Crippen molar-refractivity contribution in [3.8, 4) is 22.6 Å². The molecule has 0 atom stereocenters. The van der Waals surface area contributed by atoms with Gasteiger partial charge in [0.05, 0.1) is 11.3 Å². The first kappa shape index (κ1) is 24.7. The van der Waals surface area contributed by atoms with Gasteiger partial charge < -0.3 is 14.8 Å². The molecule has 4 aromatic rings. The third-order valence-electron chi connectivity index (χ3n) is 5.43. The number of carbonyl (C=O) groups is 2. The molecule has 182 valence electrons. The van der Waals surface area contributed by atoms with Crippen LogP contribution >= 0.6 is 0 Å². The average Bonchev–Trinajstić information content (AvgIpc) is 2.85. The minimum absolute atomic E-state index is 0.285. The van der Waals surface area contributed by atoms with E-state index in [0.717, 1.165) is 16.7 Å². The molecule has 0 bridgehead atoms. The summed E-state index contributed by atoms with van der Waals surface area (Å²) in [5.41, 5.74) is 3.07. The summed E-state index contributed by atoms with van der Waals surface area (Å²) in [5, 5.41) is 2.94. The summed E-state index contributed by atoms with van der Waals surface area (Å²) in [6.07, 6.45) is 0. The van der Waals surface area contributed by atoms with Crippen LogP contribution in [0.2, 0.25) is 0 Å². The van der Waals surface area contributed by atoms with Gasteiger partial charge >= 0.3 is 5.97 Å². The van der Waals surface area contributed by atoms with Gasteiger partial charge in [0.15, 0.2) is 0 Å². The van der Waals surface area contributed by atoms with Crippen molar-refractivity contribution in [2.45, 2.75) is 33.3 Å². The highest BCUT2D eigenvalue weighted by atomic mass is 16.6. The van der Waals surface area contributed by atoms with Crippen molar-refractivity contribution < 1.29 is 19.1 Å². The predicted octanol–water partition coefficient (Wildman–Crippen LogP) is 7.66. The van der Waals surface area contributed by atoms with Crippen molar-refractivity contribution in [3.63, 3.8) is 0 Å². The Bertz CT molecular complexity index is 1370. The number of aryl methyl sites for hydroxylation is 1. The number of nitrogens with one attached hydrogen (secondary N) is 1. The Hall–Kier alpha value is -4.38. The highest BCUT2D eigenvalue weighted by Gasteiger charge is 2.22. The lowest BCUT2D eigenvalue weighted by atomic mass is 10.0. The zero-order valence-electron chi connectivity index (χ0n) is 20.9. The minimum Gasteiger partial charge on any atom is -0.457 e. The van der Waals surface area contributed by atoms with Gasteiger partial charge in [-0.05, 0) is 80.8 Å². The number of para-hydroxylation sites is 1. The summed E-state index contributed by atoms with van der Waals surface area (Å²) in [6, 6.07) is 29.8. The molecule has 0 heterocycles. The van der Waals surface area contributed by atoms with E-state index in [1.807, 2.05) is 107 Å². The number of ether oxygens (including phenoxy) is 2. The molecule has 1 amide bonds. The molecule has 5 heteroatoms. The number of hydrogen-bond donors (Lipinski definition) is 1. The predicted molar refractivity (Wildman–Crippen MR) is 143 cm³/mol. The fourth-order valence-electron chi connectivity index (χ4n) is 3.69. The molecule has 0 saturated carbocycles. The Morgan fingerprint density at radius 3 is 2.03 bits per heavy atom. The van der Waals surface area contributed by atoms with Crippen LogP contribution in [0, 0.1) is 6.92 Å². The summed E-state index contributed by atoms with van der Waals surface area (Å²) < 4.78 is 11.5. The number of benzene rings is 4. The Kier molecular flexibility index (Phi) is 7.20. The Morgan fingerprint density at radius 2 is 1.36 bits per heavy atom. The summed E-state index contributed by atoms with van der Waals surface area (Å²) in [4.78, 5) is 26.4. The first-order valence-corrected chi connectivity index (χ1v) is 11.8. The quantitative estimate of drug-likeness (QED) is 0.288. The van der Waals surface area contributed by atoms with Gasteiger partial charge in [-0.3, -0.25) is 4.79 Å². The molecule has 0 radical (unpaired) electrons. The number of esters is 1. The molecule has 0 spiro atoms. The number of rotatable bonds is 6. The van der Waals surface area contributed by atoms with E-state index in [0.29, 0.717) is 22.7 Å². The molecule has 0 aliphatic heterocycles. The maximum atomic E-state index is 13.4. The summed E-state index contributed by atoms with van der Waals surface area (Å²) in [5.74, 6) is 0.370. The Labute approximate surface area is 211 Å². The molecule has 4 rings (SSSR count). The van der Waals surface area contributed by atoms with Gasteiger partial charge in [0, 0.05) is 5.56 Å². The molecule has 0 unspecified atom stereocenters. The van der Waals surface area contributed by atoms with Crippen LogP contribution < -0.4 is 10.1 Å². The molecule has 4 aromatic carbocycles. The van der Waals surface area contributed by atoms with E-state index in [2.05, 4.69) is 5.32 Å². The lowest BCUT2D eigenvalue weighted by Crippen LogP contribution is -2.25. The van der Waals surface area contributed by atoms with Crippen LogP contribution in [-0.4, -0.2) is 17.5 Å².